The molecule has 0 radical (unpaired) electrons. The summed E-state index contributed by atoms with van der Waals surface area (Å²) in [4.78, 5) is 14.4. The fourth-order valence-corrected chi connectivity index (χ4v) is 3.97. The number of phenols is 1. The van der Waals surface area contributed by atoms with Crippen LogP contribution in [0.25, 0.3) is 0 Å². The predicted octanol–water partition coefficient (Wildman–Crippen LogP) is 2.92. The second-order valence-electron chi connectivity index (χ2n) is 6.21. The number of halogens is 1. The van der Waals surface area contributed by atoms with Gasteiger partial charge in [0.2, 0.25) is 0 Å². The van der Waals surface area contributed by atoms with Gasteiger partial charge in [0.15, 0.2) is 0 Å². The predicted molar refractivity (Wildman–Crippen MR) is 83.2 cm³/mol. The Kier molecular flexibility index (Phi) is 3.97. The Bertz CT molecular complexity index is 562. The first-order valence-electron chi connectivity index (χ1n) is 7.50. The summed E-state index contributed by atoms with van der Waals surface area (Å²) in [6, 6.07) is 4.89. The van der Waals surface area contributed by atoms with Crippen LogP contribution in [0, 0.1) is 5.92 Å². The molecule has 1 heterocycles. The Morgan fingerprint density at radius 3 is 2.95 bits per heavy atom. The summed E-state index contributed by atoms with van der Waals surface area (Å²) >= 11 is 3.33. The number of carbonyl (C=O) groups is 1. The molecule has 114 valence electrons. The first-order chi connectivity index (χ1) is 9.99. The molecule has 0 aromatic heterocycles. The zero-order valence-electron chi connectivity index (χ0n) is 11.9. The first-order valence-corrected chi connectivity index (χ1v) is 8.29. The zero-order chi connectivity index (χ0) is 15.0. The van der Waals surface area contributed by atoms with E-state index in [4.69, 9.17) is 0 Å². The molecule has 2 N–H and O–H groups in total. The maximum Gasteiger partial charge on any atom is 0.257 e. The molecule has 4 nitrogen and oxygen atoms in total. The fraction of sp³-hybridized carbons (Fsp3) is 0.562. The molecule has 21 heavy (non-hydrogen) atoms. The van der Waals surface area contributed by atoms with E-state index in [9.17, 15) is 15.0 Å². The monoisotopic (exact) mass is 353 g/mol. The number of carbonyl (C=O) groups excluding carboxylic acids is 1. The molecular formula is C16H20BrNO3. The number of amides is 1. The van der Waals surface area contributed by atoms with E-state index in [1.165, 1.54) is 6.07 Å². The van der Waals surface area contributed by atoms with Gasteiger partial charge >= 0.3 is 0 Å². The van der Waals surface area contributed by atoms with Crippen molar-refractivity contribution in [3.8, 4) is 5.75 Å². The molecule has 2 aliphatic rings. The summed E-state index contributed by atoms with van der Waals surface area (Å²) in [7, 11) is 0. The van der Waals surface area contributed by atoms with Crippen molar-refractivity contribution in [2.75, 3.05) is 13.1 Å². The summed E-state index contributed by atoms with van der Waals surface area (Å²) in [5.41, 5.74) is -0.264. The zero-order valence-corrected chi connectivity index (χ0v) is 13.5. The third-order valence-corrected chi connectivity index (χ3v) is 5.40. The van der Waals surface area contributed by atoms with Crippen LogP contribution in [0.1, 0.15) is 42.5 Å². The number of phenolic OH excluding ortho intramolecular Hbond substituents is 1. The van der Waals surface area contributed by atoms with Crippen LogP contribution in [0.3, 0.4) is 0 Å². The van der Waals surface area contributed by atoms with Gasteiger partial charge in [-0.2, -0.15) is 0 Å². The molecule has 1 saturated heterocycles. The largest absolute Gasteiger partial charge is 0.507 e. The Balaban J connectivity index is 1.79. The van der Waals surface area contributed by atoms with Crippen molar-refractivity contribution in [2.24, 2.45) is 5.92 Å². The Morgan fingerprint density at radius 1 is 1.33 bits per heavy atom. The summed E-state index contributed by atoms with van der Waals surface area (Å²) in [5, 5.41) is 20.6. The summed E-state index contributed by atoms with van der Waals surface area (Å²) in [6.07, 6.45) is 4.66. The lowest BCUT2D eigenvalue weighted by Crippen LogP contribution is -2.54. The third-order valence-electron chi connectivity index (χ3n) is 4.90. The summed E-state index contributed by atoms with van der Waals surface area (Å²) in [5.74, 6) is 0.0207. The van der Waals surface area contributed by atoms with Crippen molar-refractivity contribution in [1.82, 2.24) is 4.90 Å². The molecule has 1 saturated carbocycles. The number of rotatable bonds is 1. The molecule has 1 aromatic carbocycles. The number of hydrogen-bond acceptors (Lipinski definition) is 3. The molecule has 1 amide bonds. The molecule has 1 aliphatic carbocycles. The Morgan fingerprint density at radius 2 is 2.14 bits per heavy atom. The minimum absolute atomic E-state index is 0.00711. The van der Waals surface area contributed by atoms with Crippen LogP contribution in [-0.2, 0) is 0 Å². The standard InChI is InChI=1S/C16H20BrNO3/c17-12-4-5-14(19)13(9-12)15(20)18-8-7-16(21)6-2-1-3-11(16)10-18/h4-5,9,11,19,21H,1-3,6-8,10H2. The van der Waals surface area contributed by atoms with E-state index in [0.29, 0.717) is 25.1 Å². The van der Waals surface area contributed by atoms with Crippen LogP contribution in [0.5, 0.6) is 5.75 Å². The van der Waals surface area contributed by atoms with Crippen LogP contribution < -0.4 is 0 Å². The number of aromatic hydroxyl groups is 1. The molecule has 2 atom stereocenters. The topological polar surface area (TPSA) is 60.8 Å². The van der Waals surface area contributed by atoms with E-state index in [-0.39, 0.29) is 17.6 Å². The summed E-state index contributed by atoms with van der Waals surface area (Å²) in [6.45, 7) is 1.14. The lowest BCUT2D eigenvalue weighted by atomic mass is 9.71. The highest BCUT2D eigenvalue weighted by Gasteiger charge is 2.43. The highest BCUT2D eigenvalue weighted by atomic mass is 79.9. The number of nitrogens with zero attached hydrogens (tertiary/aromatic N) is 1. The van der Waals surface area contributed by atoms with Gasteiger partial charge < -0.3 is 15.1 Å². The highest BCUT2D eigenvalue weighted by molar-refractivity contribution is 9.10. The van der Waals surface area contributed by atoms with Crippen molar-refractivity contribution in [1.29, 1.82) is 0 Å². The fourth-order valence-electron chi connectivity index (χ4n) is 3.61. The van der Waals surface area contributed by atoms with Crippen molar-refractivity contribution in [2.45, 2.75) is 37.7 Å². The minimum Gasteiger partial charge on any atom is -0.507 e. The molecule has 0 spiro atoms. The number of hydrogen-bond donors (Lipinski definition) is 2. The summed E-state index contributed by atoms with van der Waals surface area (Å²) < 4.78 is 0.773. The van der Waals surface area contributed by atoms with Crippen molar-refractivity contribution in [3.63, 3.8) is 0 Å². The molecule has 2 fully saturated rings. The lowest BCUT2D eigenvalue weighted by Gasteiger charge is -2.47. The van der Waals surface area contributed by atoms with E-state index in [0.717, 1.165) is 30.2 Å². The van der Waals surface area contributed by atoms with Crippen molar-refractivity contribution in [3.05, 3.63) is 28.2 Å². The first kappa shape index (κ1) is 14.9. The van der Waals surface area contributed by atoms with Gasteiger partial charge in [0.25, 0.3) is 5.91 Å². The second kappa shape index (κ2) is 5.61. The van der Waals surface area contributed by atoms with E-state index >= 15 is 0 Å². The van der Waals surface area contributed by atoms with Crippen LogP contribution in [0.2, 0.25) is 0 Å². The number of fused-ring (bicyclic) bond motifs is 1. The number of likely N-dealkylation sites (tertiary alicyclic amines) is 1. The van der Waals surface area contributed by atoms with E-state index in [2.05, 4.69) is 15.9 Å². The van der Waals surface area contributed by atoms with Crippen LogP contribution >= 0.6 is 15.9 Å². The Labute approximate surface area is 132 Å². The van der Waals surface area contributed by atoms with Gasteiger partial charge in [-0.25, -0.2) is 0 Å². The molecule has 0 bridgehead atoms. The average Bonchev–Trinajstić information content (AvgIpc) is 2.48. The van der Waals surface area contributed by atoms with Gasteiger partial charge in [-0.05, 0) is 37.5 Å². The van der Waals surface area contributed by atoms with Gasteiger partial charge in [-0.3, -0.25) is 4.79 Å². The highest BCUT2D eigenvalue weighted by Crippen LogP contribution is 2.40. The van der Waals surface area contributed by atoms with E-state index < -0.39 is 5.60 Å². The molecule has 1 aliphatic heterocycles. The van der Waals surface area contributed by atoms with Crippen molar-refractivity contribution < 1.29 is 15.0 Å². The van der Waals surface area contributed by atoms with Crippen LogP contribution in [0.15, 0.2) is 22.7 Å². The third kappa shape index (κ3) is 2.81. The maximum absolute atomic E-state index is 12.6. The quantitative estimate of drug-likeness (QED) is 0.815. The van der Waals surface area contributed by atoms with Gasteiger partial charge in [-0.1, -0.05) is 28.8 Å². The minimum atomic E-state index is -0.589. The molecule has 5 heteroatoms. The van der Waals surface area contributed by atoms with Crippen LogP contribution in [0.4, 0.5) is 0 Å². The SMILES string of the molecule is O=C(c1cc(Br)ccc1O)N1CCC2(O)CCCCC2C1. The van der Waals surface area contributed by atoms with Crippen LogP contribution in [-0.4, -0.2) is 39.7 Å². The smallest absolute Gasteiger partial charge is 0.257 e. The second-order valence-corrected chi connectivity index (χ2v) is 7.12. The van der Waals surface area contributed by atoms with Gasteiger partial charge in [0.1, 0.15) is 5.75 Å². The number of piperidine rings is 1. The maximum atomic E-state index is 12.6. The Hall–Kier alpha value is -1.07. The molecular weight excluding hydrogens is 334 g/mol. The van der Waals surface area contributed by atoms with E-state index in [1.54, 1.807) is 17.0 Å². The van der Waals surface area contributed by atoms with Gasteiger partial charge in [-0.15, -0.1) is 0 Å². The number of benzene rings is 1. The van der Waals surface area contributed by atoms with E-state index in [1.807, 2.05) is 0 Å². The lowest BCUT2D eigenvalue weighted by molar-refractivity contribution is -0.0886. The molecule has 2 unspecified atom stereocenters. The molecule has 1 aromatic rings. The average molecular weight is 354 g/mol. The van der Waals surface area contributed by atoms with Crippen molar-refractivity contribution >= 4 is 21.8 Å². The number of aliphatic hydroxyl groups is 1. The van der Waals surface area contributed by atoms with Gasteiger partial charge in [0, 0.05) is 23.5 Å². The normalized spacial score (nSPS) is 29.0. The van der Waals surface area contributed by atoms with Gasteiger partial charge in [0.05, 0.1) is 11.2 Å². The molecule has 3 rings (SSSR count).